The smallest absolute Gasteiger partial charge is 0.274 e. The van der Waals surface area contributed by atoms with Crippen molar-refractivity contribution in [3.05, 3.63) is 18.4 Å². The minimum absolute atomic E-state index is 0.00186. The first-order chi connectivity index (χ1) is 8.58. The summed E-state index contributed by atoms with van der Waals surface area (Å²) in [6.45, 7) is 1.93. The molecule has 4 nitrogen and oxygen atoms in total. The lowest BCUT2D eigenvalue weighted by atomic mass is 9.85. The highest BCUT2D eigenvalue weighted by Gasteiger charge is 2.22. The van der Waals surface area contributed by atoms with Gasteiger partial charge in [0.25, 0.3) is 10.0 Å². The van der Waals surface area contributed by atoms with E-state index < -0.39 is 10.0 Å². The molecule has 1 unspecified atom stereocenters. The standard InChI is InChI=1S/C13H21NO3S/c1-11(10-12-6-3-2-4-7-12)14-18(15,16)13-8-5-9-17-13/h5,8-9,11-12,14H,2-4,6-7,10H2,1H3. The van der Waals surface area contributed by atoms with Crippen LogP contribution >= 0.6 is 0 Å². The second kappa shape index (κ2) is 5.89. The first-order valence-corrected chi connectivity index (χ1v) is 8.12. The largest absolute Gasteiger partial charge is 0.452 e. The first-order valence-electron chi connectivity index (χ1n) is 6.64. The van der Waals surface area contributed by atoms with E-state index in [-0.39, 0.29) is 11.1 Å². The van der Waals surface area contributed by atoms with Crippen molar-refractivity contribution in [3.63, 3.8) is 0 Å². The summed E-state index contributed by atoms with van der Waals surface area (Å²) in [7, 11) is -3.48. The van der Waals surface area contributed by atoms with E-state index >= 15 is 0 Å². The number of sulfonamides is 1. The van der Waals surface area contributed by atoms with Gasteiger partial charge >= 0.3 is 0 Å². The molecule has 1 aromatic rings. The molecule has 0 aromatic carbocycles. The molecule has 0 spiro atoms. The van der Waals surface area contributed by atoms with Crippen LogP contribution in [0.4, 0.5) is 0 Å². The number of hydrogen-bond acceptors (Lipinski definition) is 3. The molecule has 1 atom stereocenters. The molecule has 18 heavy (non-hydrogen) atoms. The molecule has 1 heterocycles. The fourth-order valence-corrected chi connectivity index (χ4v) is 3.89. The molecule has 0 bridgehead atoms. The van der Waals surface area contributed by atoms with Gasteiger partial charge < -0.3 is 4.42 Å². The molecule has 1 fully saturated rings. The van der Waals surface area contributed by atoms with Crippen molar-refractivity contribution in [3.8, 4) is 0 Å². The third kappa shape index (κ3) is 3.59. The highest BCUT2D eigenvalue weighted by Crippen LogP contribution is 2.27. The van der Waals surface area contributed by atoms with E-state index in [0.717, 1.165) is 6.42 Å². The van der Waals surface area contributed by atoms with Gasteiger partial charge in [0.05, 0.1) is 6.26 Å². The first kappa shape index (κ1) is 13.6. The van der Waals surface area contributed by atoms with E-state index in [2.05, 4.69) is 4.72 Å². The summed E-state index contributed by atoms with van der Waals surface area (Å²) in [5, 5.41) is -0.00186. The van der Waals surface area contributed by atoms with E-state index in [1.54, 1.807) is 6.07 Å². The Bertz CT molecular complexity index is 447. The highest BCUT2D eigenvalue weighted by molar-refractivity contribution is 7.89. The van der Waals surface area contributed by atoms with Gasteiger partial charge in [-0.25, -0.2) is 13.1 Å². The zero-order chi connectivity index (χ0) is 13.0. The van der Waals surface area contributed by atoms with Crippen LogP contribution in [-0.4, -0.2) is 14.5 Å². The lowest BCUT2D eigenvalue weighted by Gasteiger charge is -2.24. The summed E-state index contributed by atoms with van der Waals surface area (Å²) in [6, 6.07) is 3.01. The Labute approximate surface area is 109 Å². The summed E-state index contributed by atoms with van der Waals surface area (Å²) in [5.41, 5.74) is 0. The zero-order valence-electron chi connectivity index (χ0n) is 10.8. The van der Waals surface area contributed by atoms with E-state index in [1.807, 2.05) is 6.92 Å². The molecule has 1 aromatic heterocycles. The summed E-state index contributed by atoms with van der Waals surface area (Å²) in [4.78, 5) is 0. The third-order valence-electron chi connectivity index (χ3n) is 3.53. The maximum Gasteiger partial charge on any atom is 0.274 e. The van der Waals surface area contributed by atoms with Gasteiger partial charge in [-0.05, 0) is 31.4 Å². The van der Waals surface area contributed by atoms with Crippen molar-refractivity contribution >= 4 is 10.0 Å². The van der Waals surface area contributed by atoms with Crippen LogP contribution in [0, 0.1) is 5.92 Å². The topological polar surface area (TPSA) is 59.3 Å². The summed E-state index contributed by atoms with van der Waals surface area (Å²) in [5.74, 6) is 0.660. The predicted octanol–water partition coefficient (Wildman–Crippen LogP) is 2.92. The average Bonchev–Trinajstić information content (AvgIpc) is 2.83. The molecule has 102 valence electrons. The highest BCUT2D eigenvalue weighted by atomic mass is 32.2. The summed E-state index contributed by atoms with van der Waals surface area (Å²) >= 11 is 0. The Kier molecular flexibility index (Phi) is 4.45. The van der Waals surface area contributed by atoms with E-state index in [4.69, 9.17) is 4.42 Å². The Hall–Kier alpha value is -0.810. The molecule has 1 aliphatic carbocycles. The van der Waals surface area contributed by atoms with Crippen molar-refractivity contribution in [1.29, 1.82) is 0 Å². The van der Waals surface area contributed by atoms with E-state index in [9.17, 15) is 8.42 Å². The second-order valence-electron chi connectivity index (χ2n) is 5.19. The third-order valence-corrected chi connectivity index (χ3v) is 5.00. The fourth-order valence-electron chi connectivity index (χ4n) is 2.71. The van der Waals surface area contributed by atoms with Crippen LogP contribution in [0.5, 0.6) is 0 Å². The van der Waals surface area contributed by atoms with Gasteiger partial charge in [0.15, 0.2) is 0 Å². The fraction of sp³-hybridized carbons (Fsp3) is 0.692. The molecule has 5 heteroatoms. The molecule has 0 saturated heterocycles. The van der Waals surface area contributed by atoms with Crippen LogP contribution in [0.2, 0.25) is 0 Å². The second-order valence-corrected chi connectivity index (χ2v) is 6.84. The van der Waals surface area contributed by atoms with Gasteiger partial charge in [-0.15, -0.1) is 0 Å². The molecule has 1 aliphatic rings. The number of furan rings is 1. The van der Waals surface area contributed by atoms with Crippen molar-refractivity contribution in [1.82, 2.24) is 4.72 Å². The SMILES string of the molecule is CC(CC1CCCCC1)NS(=O)(=O)c1ccco1. The molecule has 0 radical (unpaired) electrons. The zero-order valence-corrected chi connectivity index (χ0v) is 11.6. The van der Waals surface area contributed by atoms with Crippen LogP contribution < -0.4 is 4.72 Å². The van der Waals surface area contributed by atoms with Crippen molar-refractivity contribution in [2.75, 3.05) is 0 Å². The van der Waals surface area contributed by atoms with Gasteiger partial charge in [0, 0.05) is 6.04 Å². The molecule has 0 amide bonds. The minimum atomic E-state index is -3.48. The van der Waals surface area contributed by atoms with Crippen molar-refractivity contribution in [2.45, 2.75) is 56.6 Å². The Morgan fingerprint density at radius 3 is 2.72 bits per heavy atom. The number of rotatable bonds is 5. The Morgan fingerprint density at radius 2 is 2.11 bits per heavy atom. The van der Waals surface area contributed by atoms with Crippen LogP contribution in [0.1, 0.15) is 45.4 Å². The predicted molar refractivity (Wildman–Crippen MR) is 69.7 cm³/mol. The Morgan fingerprint density at radius 1 is 1.39 bits per heavy atom. The number of nitrogens with one attached hydrogen (secondary N) is 1. The van der Waals surface area contributed by atoms with Gasteiger partial charge in [-0.1, -0.05) is 32.1 Å². The molecule has 1 N–H and O–H groups in total. The van der Waals surface area contributed by atoms with Crippen molar-refractivity contribution < 1.29 is 12.8 Å². The van der Waals surface area contributed by atoms with Gasteiger partial charge in [-0.2, -0.15) is 0 Å². The lowest BCUT2D eigenvalue weighted by molar-refractivity contribution is 0.315. The molecule has 2 rings (SSSR count). The summed E-state index contributed by atoms with van der Waals surface area (Å²) in [6.07, 6.45) is 8.63. The van der Waals surface area contributed by atoms with Crippen LogP contribution in [0.3, 0.4) is 0 Å². The summed E-state index contributed by atoms with van der Waals surface area (Å²) < 4.78 is 31.5. The number of hydrogen-bond donors (Lipinski definition) is 1. The minimum Gasteiger partial charge on any atom is -0.452 e. The maximum absolute atomic E-state index is 11.9. The van der Waals surface area contributed by atoms with Gasteiger partial charge in [-0.3, -0.25) is 0 Å². The molecular weight excluding hydrogens is 250 g/mol. The molecule has 1 saturated carbocycles. The monoisotopic (exact) mass is 271 g/mol. The Balaban J connectivity index is 1.88. The van der Waals surface area contributed by atoms with Crippen LogP contribution in [0.15, 0.2) is 27.9 Å². The molecule has 0 aliphatic heterocycles. The quantitative estimate of drug-likeness (QED) is 0.895. The van der Waals surface area contributed by atoms with E-state index in [0.29, 0.717) is 5.92 Å². The van der Waals surface area contributed by atoms with Gasteiger partial charge in [0.1, 0.15) is 0 Å². The van der Waals surface area contributed by atoms with E-state index in [1.165, 1.54) is 44.4 Å². The average molecular weight is 271 g/mol. The van der Waals surface area contributed by atoms with Gasteiger partial charge in [0.2, 0.25) is 5.09 Å². The maximum atomic E-state index is 11.9. The molecular formula is C13H21NO3S. The normalized spacial score (nSPS) is 19.8. The lowest BCUT2D eigenvalue weighted by Crippen LogP contribution is -2.34. The van der Waals surface area contributed by atoms with Crippen molar-refractivity contribution in [2.24, 2.45) is 5.92 Å². The van der Waals surface area contributed by atoms with Crippen LogP contribution in [-0.2, 0) is 10.0 Å². The van der Waals surface area contributed by atoms with Crippen LogP contribution in [0.25, 0.3) is 0 Å².